The van der Waals surface area contributed by atoms with Crippen LogP contribution in [-0.2, 0) is 4.79 Å². The standard InChI is InChI=1S/C15H19F3N2O/c1-10(2)9-13(21)20-7-5-19(6-8-20)12-4-3-11(16)14(17)15(12)18/h3-4,10H,5-9H2,1-2H3. The maximum Gasteiger partial charge on any atom is 0.222 e. The summed E-state index contributed by atoms with van der Waals surface area (Å²) in [4.78, 5) is 15.3. The predicted octanol–water partition coefficient (Wildman–Crippen LogP) is 2.80. The van der Waals surface area contributed by atoms with Gasteiger partial charge in [-0.3, -0.25) is 4.79 Å². The van der Waals surface area contributed by atoms with Crippen molar-refractivity contribution in [2.45, 2.75) is 20.3 Å². The van der Waals surface area contributed by atoms with Crippen LogP contribution in [-0.4, -0.2) is 37.0 Å². The molecule has 1 aliphatic heterocycles. The van der Waals surface area contributed by atoms with Crippen LogP contribution in [0.4, 0.5) is 18.9 Å². The largest absolute Gasteiger partial charge is 0.366 e. The summed E-state index contributed by atoms with van der Waals surface area (Å²) in [7, 11) is 0. The van der Waals surface area contributed by atoms with Crippen LogP contribution in [0.2, 0.25) is 0 Å². The van der Waals surface area contributed by atoms with Crippen molar-refractivity contribution in [2.24, 2.45) is 5.92 Å². The monoisotopic (exact) mass is 300 g/mol. The van der Waals surface area contributed by atoms with Gasteiger partial charge in [0, 0.05) is 32.6 Å². The van der Waals surface area contributed by atoms with Gasteiger partial charge in [0.1, 0.15) is 0 Å². The quantitative estimate of drug-likeness (QED) is 0.801. The number of halogens is 3. The van der Waals surface area contributed by atoms with E-state index >= 15 is 0 Å². The minimum Gasteiger partial charge on any atom is -0.366 e. The minimum absolute atomic E-state index is 0.0462. The molecule has 0 aliphatic carbocycles. The van der Waals surface area contributed by atoms with Gasteiger partial charge in [0.05, 0.1) is 5.69 Å². The molecule has 1 aliphatic rings. The van der Waals surface area contributed by atoms with Gasteiger partial charge in [0.2, 0.25) is 5.91 Å². The molecule has 0 spiro atoms. The Kier molecular flexibility index (Phi) is 4.75. The number of rotatable bonds is 3. The van der Waals surface area contributed by atoms with Crippen LogP contribution < -0.4 is 4.90 Å². The summed E-state index contributed by atoms with van der Waals surface area (Å²) in [6.07, 6.45) is 0.486. The van der Waals surface area contributed by atoms with E-state index in [0.29, 0.717) is 38.5 Å². The number of nitrogens with zero attached hydrogens (tertiary/aromatic N) is 2. The van der Waals surface area contributed by atoms with Crippen LogP contribution >= 0.6 is 0 Å². The maximum atomic E-state index is 13.7. The second-order valence-electron chi connectivity index (χ2n) is 5.66. The Morgan fingerprint density at radius 1 is 1.10 bits per heavy atom. The summed E-state index contributed by atoms with van der Waals surface area (Å²) < 4.78 is 39.9. The van der Waals surface area contributed by atoms with Crippen LogP contribution in [0.1, 0.15) is 20.3 Å². The first-order valence-corrected chi connectivity index (χ1v) is 7.06. The lowest BCUT2D eigenvalue weighted by Gasteiger charge is -2.36. The summed E-state index contributed by atoms with van der Waals surface area (Å²) in [6, 6.07) is 2.16. The molecule has 1 heterocycles. The molecule has 116 valence electrons. The van der Waals surface area contributed by atoms with Crippen molar-refractivity contribution < 1.29 is 18.0 Å². The van der Waals surface area contributed by atoms with E-state index in [1.807, 2.05) is 13.8 Å². The predicted molar refractivity (Wildman–Crippen MR) is 74.6 cm³/mol. The third-order valence-corrected chi connectivity index (χ3v) is 3.57. The second-order valence-corrected chi connectivity index (χ2v) is 5.66. The molecule has 1 saturated heterocycles. The SMILES string of the molecule is CC(C)CC(=O)N1CCN(c2ccc(F)c(F)c2F)CC1. The molecule has 1 amide bonds. The van der Waals surface area contributed by atoms with E-state index < -0.39 is 17.5 Å². The number of amides is 1. The van der Waals surface area contributed by atoms with E-state index in [-0.39, 0.29) is 11.6 Å². The summed E-state index contributed by atoms with van der Waals surface area (Å²) >= 11 is 0. The molecule has 6 heteroatoms. The zero-order chi connectivity index (χ0) is 15.6. The van der Waals surface area contributed by atoms with Gasteiger partial charge in [-0.2, -0.15) is 0 Å². The van der Waals surface area contributed by atoms with E-state index in [0.717, 1.165) is 6.07 Å². The molecule has 0 saturated carbocycles. The molecule has 1 aromatic rings. The summed E-state index contributed by atoms with van der Waals surface area (Å²) in [5.41, 5.74) is 0.0462. The van der Waals surface area contributed by atoms with E-state index in [1.165, 1.54) is 6.07 Å². The second kappa shape index (κ2) is 6.37. The van der Waals surface area contributed by atoms with E-state index in [9.17, 15) is 18.0 Å². The van der Waals surface area contributed by atoms with Crippen molar-refractivity contribution in [3.63, 3.8) is 0 Å². The molecule has 1 aromatic carbocycles. The van der Waals surface area contributed by atoms with Gasteiger partial charge in [-0.15, -0.1) is 0 Å². The van der Waals surface area contributed by atoms with Crippen LogP contribution in [0.15, 0.2) is 12.1 Å². The van der Waals surface area contributed by atoms with Crippen molar-refractivity contribution in [1.29, 1.82) is 0 Å². The summed E-state index contributed by atoms with van der Waals surface area (Å²) in [5.74, 6) is -3.45. The highest BCUT2D eigenvalue weighted by Crippen LogP contribution is 2.24. The minimum atomic E-state index is -1.45. The molecule has 0 bridgehead atoms. The maximum absolute atomic E-state index is 13.7. The lowest BCUT2D eigenvalue weighted by molar-refractivity contribution is -0.132. The third kappa shape index (κ3) is 3.49. The molecule has 2 rings (SSSR count). The highest BCUT2D eigenvalue weighted by Gasteiger charge is 2.24. The number of carbonyl (C=O) groups is 1. The molecule has 0 N–H and O–H groups in total. The van der Waals surface area contributed by atoms with Crippen LogP contribution in [0.3, 0.4) is 0 Å². The van der Waals surface area contributed by atoms with Crippen molar-refractivity contribution in [2.75, 3.05) is 31.1 Å². The molecule has 0 aromatic heterocycles. The van der Waals surface area contributed by atoms with Gasteiger partial charge in [-0.05, 0) is 18.1 Å². The van der Waals surface area contributed by atoms with Crippen molar-refractivity contribution in [3.05, 3.63) is 29.6 Å². The van der Waals surface area contributed by atoms with Gasteiger partial charge in [-0.1, -0.05) is 13.8 Å². The molecule has 0 unspecified atom stereocenters. The molecule has 0 radical (unpaired) electrons. The Hall–Kier alpha value is -1.72. The number of hydrogen-bond acceptors (Lipinski definition) is 2. The van der Waals surface area contributed by atoms with Gasteiger partial charge < -0.3 is 9.80 Å². The number of hydrogen-bond donors (Lipinski definition) is 0. The molecule has 1 fully saturated rings. The van der Waals surface area contributed by atoms with Gasteiger partial charge in [0.15, 0.2) is 17.5 Å². The molecular weight excluding hydrogens is 281 g/mol. The molecule has 21 heavy (non-hydrogen) atoms. The van der Waals surface area contributed by atoms with Gasteiger partial charge in [-0.25, -0.2) is 13.2 Å². The first kappa shape index (κ1) is 15.7. The average Bonchev–Trinajstić information content (AvgIpc) is 2.44. The average molecular weight is 300 g/mol. The van der Waals surface area contributed by atoms with Crippen molar-refractivity contribution >= 4 is 11.6 Å². The third-order valence-electron chi connectivity index (χ3n) is 3.57. The number of benzene rings is 1. The van der Waals surface area contributed by atoms with Crippen molar-refractivity contribution in [3.8, 4) is 0 Å². The first-order chi connectivity index (χ1) is 9.90. The molecule has 3 nitrogen and oxygen atoms in total. The van der Waals surface area contributed by atoms with Crippen LogP contribution in [0.5, 0.6) is 0 Å². The lowest BCUT2D eigenvalue weighted by atomic mass is 10.1. The van der Waals surface area contributed by atoms with Crippen molar-refractivity contribution in [1.82, 2.24) is 4.90 Å². The molecule has 0 atom stereocenters. The first-order valence-electron chi connectivity index (χ1n) is 7.06. The van der Waals surface area contributed by atoms with Gasteiger partial charge >= 0.3 is 0 Å². The molecular formula is C15H19F3N2O. The topological polar surface area (TPSA) is 23.6 Å². The normalized spacial score (nSPS) is 15.7. The Balaban J connectivity index is 2.01. The zero-order valence-electron chi connectivity index (χ0n) is 12.2. The summed E-state index contributed by atoms with van der Waals surface area (Å²) in [5, 5.41) is 0. The smallest absolute Gasteiger partial charge is 0.222 e. The van der Waals surface area contributed by atoms with E-state index in [2.05, 4.69) is 0 Å². The fourth-order valence-electron chi connectivity index (χ4n) is 2.44. The van der Waals surface area contributed by atoms with E-state index in [4.69, 9.17) is 0 Å². The Bertz CT molecular complexity index is 526. The lowest BCUT2D eigenvalue weighted by Crippen LogP contribution is -2.49. The number of carbonyl (C=O) groups excluding carboxylic acids is 1. The zero-order valence-corrected chi connectivity index (χ0v) is 12.2. The van der Waals surface area contributed by atoms with Crippen LogP contribution in [0.25, 0.3) is 0 Å². The fraction of sp³-hybridized carbons (Fsp3) is 0.533. The Labute approximate surface area is 122 Å². The fourth-order valence-corrected chi connectivity index (χ4v) is 2.44. The number of anilines is 1. The number of piperazine rings is 1. The van der Waals surface area contributed by atoms with Crippen LogP contribution in [0, 0.1) is 23.4 Å². The highest BCUT2D eigenvalue weighted by molar-refractivity contribution is 5.76. The van der Waals surface area contributed by atoms with Gasteiger partial charge in [0.25, 0.3) is 0 Å². The Morgan fingerprint density at radius 2 is 1.71 bits per heavy atom. The van der Waals surface area contributed by atoms with E-state index in [1.54, 1.807) is 9.80 Å². The highest BCUT2D eigenvalue weighted by atomic mass is 19.2. The Morgan fingerprint density at radius 3 is 2.29 bits per heavy atom. The summed E-state index contributed by atoms with van der Waals surface area (Å²) in [6.45, 7) is 5.70.